The molecule has 4 nitrogen and oxygen atoms in total. The highest BCUT2D eigenvalue weighted by atomic mass is 16.5. The van der Waals surface area contributed by atoms with Gasteiger partial charge in [-0.25, -0.2) is 0 Å². The van der Waals surface area contributed by atoms with Gasteiger partial charge in [-0.2, -0.15) is 5.10 Å². The standard InChI is InChI=1S/C17H31N3O/c1-5-8-20-17(16(21-4)11-19-20)15-9-13(12(2)3)6-7-14(15)10-18/h11-15H,5-10,18H2,1-4H3. The molecule has 0 amide bonds. The van der Waals surface area contributed by atoms with Crippen LogP contribution in [0.2, 0.25) is 0 Å². The Hall–Kier alpha value is -1.03. The second-order valence-electron chi connectivity index (χ2n) is 6.74. The zero-order valence-corrected chi connectivity index (χ0v) is 14.0. The van der Waals surface area contributed by atoms with E-state index >= 15 is 0 Å². The molecule has 0 aliphatic heterocycles. The summed E-state index contributed by atoms with van der Waals surface area (Å²) >= 11 is 0. The van der Waals surface area contributed by atoms with Crippen molar-refractivity contribution in [3.63, 3.8) is 0 Å². The van der Waals surface area contributed by atoms with Crippen LogP contribution >= 0.6 is 0 Å². The van der Waals surface area contributed by atoms with E-state index in [9.17, 15) is 0 Å². The van der Waals surface area contributed by atoms with E-state index in [-0.39, 0.29) is 0 Å². The molecular formula is C17H31N3O. The summed E-state index contributed by atoms with van der Waals surface area (Å²) in [4.78, 5) is 0. The molecule has 3 unspecified atom stereocenters. The van der Waals surface area contributed by atoms with Crippen LogP contribution in [0.25, 0.3) is 0 Å². The SMILES string of the molecule is CCCn1ncc(OC)c1C1CC(C(C)C)CCC1CN. The summed E-state index contributed by atoms with van der Waals surface area (Å²) in [5.41, 5.74) is 7.34. The molecule has 2 N–H and O–H groups in total. The van der Waals surface area contributed by atoms with Crippen molar-refractivity contribution in [1.82, 2.24) is 9.78 Å². The molecule has 1 fully saturated rings. The highest BCUT2D eigenvalue weighted by molar-refractivity contribution is 5.30. The van der Waals surface area contributed by atoms with Crippen LogP contribution in [-0.4, -0.2) is 23.4 Å². The minimum Gasteiger partial charge on any atom is -0.493 e. The minimum absolute atomic E-state index is 0.486. The molecular weight excluding hydrogens is 262 g/mol. The fourth-order valence-corrected chi connectivity index (χ4v) is 3.79. The summed E-state index contributed by atoms with van der Waals surface area (Å²) < 4.78 is 7.74. The first-order chi connectivity index (χ1) is 10.1. The lowest BCUT2D eigenvalue weighted by Gasteiger charge is -2.38. The van der Waals surface area contributed by atoms with E-state index in [0.717, 1.165) is 37.1 Å². The highest BCUT2D eigenvalue weighted by Crippen LogP contribution is 2.45. The maximum Gasteiger partial charge on any atom is 0.160 e. The van der Waals surface area contributed by atoms with Gasteiger partial charge in [-0.3, -0.25) is 4.68 Å². The molecule has 1 aliphatic rings. The van der Waals surface area contributed by atoms with Crippen molar-refractivity contribution >= 4 is 0 Å². The van der Waals surface area contributed by atoms with Crippen LogP contribution in [0, 0.1) is 17.8 Å². The van der Waals surface area contributed by atoms with E-state index in [4.69, 9.17) is 10.5 Å². The third-order valence-corrected chi connectivity index (χ3v) is 5.13. The van der Waals surface area contributed by atoms with Crippen molar-refractivity contribution in [1.29, 1.82) is 0 Å². The normalized spacial score (nSPS) is 26.3. The number of hydrogen-bond acceptors (Lipinski definition) is 3. The molecule has 120 valence electrons. The van der Waals surface area contributed by atoms with Crippen LogP contribution < -0.4 is 10.5 Å². The summed E-state index contributed by atoms with van der Waals surface area (Å²) in [7, 11) is 1.75. The molecule has 3 atom stereocenters. The van der Waals surface area contributed by atoms with Gasteiger partial charge in [-0.15, -0.1) is 0 Å². The Labute approximate surface area is 129 Å². The summed E-state index contributed by atoms with van der Waals surface area (Å²) in [6.07, 6.45) is 6.71. The molecule has 21 heavy (non-hydrogen) atoms. The van der Waals surface area contributed by atoms with Gasteiger partial charge >= 0.3 is 0 Å². The van der Waals surface area contributed by atoms with Gasteiger partial charge in [0.25, 0.3) is 0 Å². The Bertz CT molecular complexity index is 441. The van der Waals surface area contributed by atoms with E-state index in [1.54, 1.807) is 7.11 Å². The zero-order chi connectivity index (χ0) is 15.4. The number of aromatic nitrogens is 2. The van der Waals surface area contributed by atoms with Gasteiger partial charge in [0.2, 0.25) is 0 Å². The van der Waals surface area contributed by atoms with Gasteiger partial charge in [0.05, 0.1) is 19.0 Å². The topological polar surface area (TPSA) is 53.1 Å². The van der Waals surface area contributed by atoms with Crippen molar-refractivity contribution in [2.75, 3.05) is 13.7 Å². The van der Waals surface area contributed by atoms with Gasteiger partial charge in [-0.05, 0) is 50.0 Å². The molecule has 2 rings (SSSR count). The summed E-state index contributed by atoms with van der Waals surface area (Å²) in [6.45, 7) is 8.58. The molecule has 1 aromatic rings. The largest absolute Gasteiger partial charge is 0.493 e. The summed E-state index contributed by atoms with van der Waals surface area (Å²) in [5.74, 6) is 3.50. The number of ether oxygens (including phenoxy) is 1. The fraction of sp³-hybridized carbons (Fsp3) is 0.824. The van der Waals surface area contributed by atoms with Gasteiger partial charge in [-0.1, -0.05) is 20.8 Å². The molecule has 0 saturated heterocycles. The van der Waals surface area contributed by atoms with Gasteiger partial charge in [0.1, 0.15) is 0 Å². The van der Waals surface area contributed by atoms with Crippen molar-refractivity contribution in [3.8, 4) is 5.75 Å². The van der Waals surface area contributed by atoms with Crippen molar-refractivity contribution in [3.05, 3.63) is 11.9 Å². The Morgan fingerprint density at radius 2 is 2.19 bits per heavy atom. The van der Waals surface area contributed by atoms with Crippen LogP contribution in [0.5, 0.6) is 5.75 Å². The zero-order valence-electron chi connectivity index (χ0n) is 14.0. The highest BCUT2D eigenvalue weighted by Gasteiger charge is 2.35. The molecule has 0 aromatic carbocycles. The van der Waals surface area contributed by atoms with Crippen molar-refractivity contribution in [2.24, 2.45) is 23.5 Å². The maximum atomic E-state index is 6.07. The first-order valence-electron chi connectivity index (χ1n) is 8.42. The van der Waals surface area contributed by atoms with Gasteiger partial charge < -0.3 is 10.5 Å². The Morgan fingerprint density at radius 3 is 2.76 bits per heavy atom. The second-order valence-corrected chi connectivity index (χ2v) is 6.74. The first-order valence-corrected chi connectivity index (χ1v) is 8.42. The average molecular weight is 293 g/mol. The number of nitrogens with zero attached hydrogens (tertiary/aromatic N) is 2. The van der Waals surface area contributed by atoms with E-state index < -0.39 is 0 Å². The first kappa shape index (κ1) is 16.3. The van der Waals surface area contributed by atoms with E-state index in [2.05, 4.69) is 30.6 Å². The minimum atomic E-state index is 0.486. The molecule has 1 aromatic heterocycles. The molecule has 1 saturated carbocycles. The van der Waals surface area contributed by atoms with Gasteiger partial charge in [0.15, 0.2) is 5.75 Å². The van der Waals surface area contributed by atoms with Crippen LogP contribution in [0.4, 0.5) is 0 Å². The fourth-order valence-electron chi connectivity index (χ4n) is 3.79. The summed E-state index contributed by atoms with van der Waals surface area (Å²) in [6, 6.07) is 0. The van der Waals surface area contributed by atoms with E-state index in [0.29, 0.717) is 11.8 Å². The van der Waals surface area contributed by atoms with Crippen LogP contribution in [0.3, 0.4) is 0 Å². The number of nitrogens with two attached hydrogens (primary N) is 1. The van der Waals surface area contributed by atoms with Crippen LogP contribution in [0.15, 0.2) is 6.20 Å². The second kappa shape index (κ2) is 7.30. The van der Waals surface area contributed by atoms with Crippen LogP contribution in [0.1, 0.15) is 58.1 Å². The lowest BCUT2D eigenvalue weighted by molar-refractivity contribution is 0.188. The van der Waals surface area contributed by atoms with Crippen molar-refractivity contribution in [2.45, 2.75) is 58.9 Å². The predicted octanol–water partition coefficient (Wildman–Crippen LogP) is 3.42. The quantitative estimate of drug-likeness (QED) is 0.874. The Kier molecular flexibility index (Phi) is 5.68. The van der Waals surface area contributed by atoms with Gasteiger partial charge in [0, 0.05) is 12.5 Å². The monoisotopic (exact) mass is 293 g/mol. The number of hydrogen-bond donors (Lipinski definition) is 1. The Balaban J connectivity index is 2.33. The smallest absolute Gasteiger partial charge is 0.160 e. The molecule has 0 spiro atoms. The van der Waals surface area contributed by atoms with E-state index in [1.807, 2.05) is 6.20 Å². The predicted molar refractivity (Wildman–Crippen MR) is 86.5 cm³/mol. The Morgan fingerprint density at radius 1 is 1.43 bits per heavy atom. The number of aryl methyl sites for hydroxylation is 1. The van der Waals surface area contributed by atoms with Crippen LogP contribution in [-0.2, 0) is 6.54 Å². The molecule has 1 aliphatic carbocycles. The lowest BCUT2D eigenvalue weighted by Crippen LogP contribution is -2.32. The molecule has 4 heteroatoms. The van der Waals surface area contributed by atoms with E-state index in [1.165, 1.54) is 25.0 Å². The number of methoxy groups -OCH3 is 1. The average Bonchev–Trinajstić information content (AvgIpc) is 2.89. The third-order valence-electron chi connectivity index (χ3n) is 5.13. The lowest BCUT2D eigenvalue weighted by atomic mass is 9.69. The molecule has 0 radical (unpaired) electrons. The van der Waals surface area contributed by atoms with Crippen molar-refractivity contribution < 1.29 is 4.74 Å². The summed E-state index contributed by atoms with van der Waals surface area (Å²) in [5, 5.41) is 4.54. The molecule has 1 heterocycles. The third kappa shape index (κ3) is 3.42. The molecule has 0 bridgehead atoms. The maximum absolute atomic E-state index is 6.07. The number of rotatable bonds is 6.